The van der Waals surface area contributed by atoms with Gasteiger partial charge in [0.1, 0.15) is 17.1 Å². The predicted octanol–water partition coefficient (Wildman–Crippen LogP) is 2.81. The number of benzene rings is 1. The third kappa shape index (κ3) is 3.61. The summed E-state index contributed by atoms with van der Waals surface area (Å²) >= 11 is 1.34. The van der Waals surface area contributed by atoms with Crippen molar-refractivity contribution in [1.82, 2.24) is 0 Å². The number of carbonyl (C=O) groups is 2. The molecule has 1 aromatic heterocycles. The summed E-state index contributed by atoms with van der Waals surface area (Å²) in [6, 6.07) is 7.73. The molecule has 1 heterocycles. The van der Waals surface area contributed by atoms with Gasteiger partial charge in [-0.3, -0.25) is 4.79 Å². The summed E-state index contributed by atoms with van der Waals surface area (Å²) in [6.07, 6.45) is 0. The lowest BCUT2D eigenvalue weighted by atomic mass is 10.2. The van der Waals surface area contributed by atoms with Crippen LogP contribution in [-0.2, 0) is 4.74 Å². The van der Waals surface area contributed by atoms with E-state index in [1.807, 2.05) is 13.0 Å². The van der Waals surface area contributed by atoms with Crippen molar-refractivity contribution >= 4 is 23.1 Å². The maximum Gasteiger partial charge on any atom is 0.342 e. The SMILES string of the molecule is COc1ccc(O)c(C(=O)OCC(=O)c2ccc(C)s2)c1. The summed E-state index contributed by atoms with van der Waals surface area (Å²) in [5, 5.41) is 9.65. The molecule has 0 saturated carbocycles. The van der Waals surface area contributed by atoms with Crippen molar-refractivity contribution in [3.63, 3.8) is 0 Å². The smallest absolute Gasteiger partial charge is 0.342 e. The van der Waals surface area contributed by atoms with Crippen LogP contribution in [0.3, 0.4) is 0 Å². The lowest BCUT2D eigenvalue weighted by Gasteiger charge is -2.07. The minimum Gasteiger partial charge on any atom is -0.507 e. The quantitative estimate of drug-likeness (QED) is 0.679. The molecule has 0 aliphatic heterocycles. The molecule has 0 radical (unpaired) electrons. The first-order chi connectivity index (χ1) is 10.0. The topological polar surface area (TPSA) is 72.8 Å². The Hall–Kier alpha value is -2.34. The van der Waals surface area contributed by atoms with Gasteiger partial charge in [0.05, 0.1) is 12.0 Å². The Morgan fingerprint density at radius 1 is 1.24 bits per heavy atom. The van der Waals surface area contributed by atoms with Gasteiger partial charge in [-0.2, -0.15) is 0 Å². The van der Waals surface area contributed by atoms with E-state index in [4.69, 9.17) is 9.47 Å². The Bertz CT molecular complexity index is 674. The van der Waals surface area contributed by atoms with Crippen molar-refractivity contribution in [2.45, 2.75) is 6.92 Å². The van der Waals surface area contributed by atoms with Gasteiger partial charge in [0.2, 0.25) is 5.78 Å². The Labute approximate surface area is 125 Å². The third-order valence-electron chi connectivity index (χ3n) is 2.77. The maximum atomic E-state index is 11.9. The van der Waals surface area contributed by atoms with Crippen LogP contribution in [0.1, 0.15) is 24.9 Å². The van der Waals surface area contributed by atoms with Gasteiger partial charge >= 0.3 is 5.97 Å². The van der Waals surface area contributed by atoms with Crippen LogP contribution in [-0.4, -0.2) is 30.6 Å². The number of aryl methyl sites for hydroxylation is 1. The number of thiophene rings is 1. The fourth-order valence-corrected chi connectivity index (χ4v) is 2.46. The van der Waals surface area contributed by atoms with E-state index in [0.717, 1.165) is 4.88 Å². The van der Waals surface area contributed by atoms with Gasteiger partial charge in [-0.05, 0) is 37.3 Å². The highest BCUT2D eigenvalue weighted by atomic mass is 32.1. The van der Waals surface area contributed by atoms with Gasteiger partial charge in [0, 0.05) is 4.88 Å². The molecule has 5 nitrogen and oxygen atoms in total. The Balaban J connectivity index is 2.03. The highest BCUT2D eigenvalue weighted by Gasteiger charge is 2.17. The first-order valence-electron chi connectivity index (χ1n) is 6.15. The first-order valence-corrected chi connectivity index (χ1v) is 6.96. The largest absolute Gasteiger partial charge is 0.507 e. The van der Waals surface area contributed by atoms with Gasteiger partial charge in [-0.15, -0.1) is 11.3 Å². The zero-order chi connectivity index (χ0) is 15.4. The van der Waals surface area contributed by atoms with E-state index in [2.05, 4.69) is 0 Å². The predicted molar refractivity (Wildman–Crippen MR) is 78.3 cm³/mol. The number of carbonyl (C=O) groups excluding carboxylic acids is 2. The Kier molecular flexibility index (Phi) is 4.59. The van der Waals surface area contributed by atoms with Crippen molar-refractivity contribution < 1.29 is 24.2 Å². The molecule has 2 rings (SSSR count). The van der Waals surface area contributed by atoms with Crippen LogP contribution in [0.5, 0.6) is 11.5 Å². The summed E-state index contributed by atoms with van der Waals surface area (Å²) in [4.78, 5) is 25.3. The van der Waals surface area contributed by atoms with E-state index < -0.39 is 5.97 Å². The van der Waals surface area contributed by atoms with Crippen LogP contribution in [0.4, 0.5) is 0 Å². The van der Waals surface area contributed by atoms with Crippen LogP contribution in [0, 0.1) is 6.92 Å². The molecule has 1 aromatic carbocycles. The summed E-state index contributed by atoms with van der Waals surface area (Å²) in [5.41, 5.74) is -0.0375. The highest BCUT2D eigenvalue weighted by Crippen LogP contribution is 2.23. The second-order valence-electron chi connectivity index (χ2n) is 4.29. The molecule has 0 unspecified atom stereocenters. The van der Waals surface area contributed by atoms with Crippen molar-refractivity contribution in [3.05, 3.63) is 45.6 Å². The summed E-state index contributed by atoms with van der Waals surface area (Å²) in [6.45, 7) is 1.52. The molecule has 0 aliphatic rings. The van der Waals surface area contributed by atoms with E-state index in [-0.39, 0.29) is 23.7 Å². The van der Waals surface area contributed by atoms with Crippen molar-refractivity contribution in [2.75, 3.05) is 13.7 Å². The molecule has 0 amide bonds. The number of methoxy groups -OCH3 is 1. The van der Waals surface area contributed by atoms with Crippen LogP contribution in [0.15, 0.2) is 30.3 Å². The van der Waals surface area contributed by atoms with Gasteiger partial charge in [-0.25, -0.2) is 4.79 Å². The zero-order valence-corrected chi connectivity index (χ0v) is 12.4. The van der Waals surface area contributed by atoms with Gasteiger partial charge in [0.25, 0.3) is 0 Å². The standard InChI is InChI=1S/C15H14O5S/c1-9-3-6-14(21-9)13(17)8-20-15(18)11-7-10(19-2)4-5-12(11)16/h3-7,16H,8H2,1-2H3. The van der Waals surface area contributed by atoms with Crippen molar-refractivity contribution in [3.8, 4) is 11.5 Å². The average Bonchev–Trinajstić information content (AvgIpc) is 2.91. The second-order valence-corrected chi connectivity index (χ2v) is 5.58. The van der Waals surface area contributed by atoms with E-state index in [1.54, 1.807) is 6.07 Å². The van der Waals surface area contributed by atoms with E-state index >= 15 is 0 Å². The van der Waals surface area contributed by atoms with E-state index in [1.165, 1.54) is 36.6 Å². The number of ether oxygens (including phenoxy) is 2. The number of phenolic OH excluding ortho intramolecular Hbond substituents is 1. The summed E-state index contributed by atoms with van der Waals surface area (Å²) in [5.74, 6) is -0.850. The van der Waals surface area contributed by atoms with Gasteiger partial charge < -0.3 is 14.6 Å². The van der Waals surface area contributed by atoms with Crippen LogP contribution < -0.4 is 4.74 Å². The zero-order valence-electron chi connectivity index (χ0n) is 11.6. The minimum atomic E-state index is -0.770. The maximum absolute atomic E-state index is 11.9. The number of rotatable bonds is 5. The molecule has 0 atom stereocenters. The molecule has 6 heteroatoms. The van der Waals surface area contributed by atoms with Crippen molar-refractivity contribution in [2.24, 2.45) is 0 Å². The molecule has 0 bridgehead atoms. The summed E-state index contributed by atoms with van der Waals surface area (Å²) < 4.78 is 9.91. The molecule has 0 spiro atoms. The molecule has 0 fully saturated rings. The molecule has 2 aromatic rings. The lowest BCUT2D eigenvalue weighted by Crippen LogP contribution is -2.13. The summed E-state index contributed by atoms with van der Waals surface area (Å²) in [7, 11) is 1.45. The van der Waals surface area contributed by atoms with Crippen LogP contribution >= 0.6 is 11.3 Å². The van der Waals surface area contributed by atoms with Crippen LogP contribution in [0.2, 0.25) is 0 Å². The van der Waals surface area contributed by atoms with Crippen molar-refractivity contribution in [1.29, 1.82) is 0 Å². The number of aromatic hydroxyl groups is 1. The molecule has 110 valence electrons. The number of hydrogen-bond donors (Lipinski definition) is 1. The first kappa shape index (κ1) is 15.1. The fourth-order valence-electron chi connectivity index (χ4n) is 1.67. The molecular weight excluding hydrogens is 292 g/mol. The second kappa shape index (κ2) is 6.41. The van der Waals surface area contributed by atoms with Gasteiger partial charge in [0.15, 0.2) is 6.61 Å². The number of ketones is 1. The molecule has 21 heavy (non-hydrogen) atoms. The number of phenols is 1. The highest BCUT2D eigenvalue weighted by molar-refractivity contribution is 7.14. The molecule has 1 N–H and O–H groups in total. The van der Waals surface area contributed by atoms with Crippen LogP contribution in [0.25, 0.3) is 0 Å². The Morgan fingerprint density at radius 2 is 2.00 bits per heavy atom. The minimum absolute atomic E-state index is 0.0375. The molecule has 0 aliphatic carbocycles. The molecule has 0 saturated heterocycles. The number of Topliss-reactive ketones (excluding diaryl/α,β-unsaturated/α-hetero) is 1. The van der Waals surface area contributed by atoms with E-state index in [0.29, 0.717) is 10.6 Å². The van der Waals surface area contributed by atoms with E-state index in [9.17, 15) is 14.7 Å². The monoisotopic (exact) mass is 306 g/mol. The Morgan fingerprint density at radius 3 is 2.62 bits per heavy atom. The fraction of sp³-hybridized carbons (Fsp3) is 0.200. The normalized spacial score (nSPS) is 10.2. The third-order valence-corrected chi connectivity index (χ3v) is 3.81. The molecular formula is C15H14O5S. The average molecular weight is 306 g/mol. The number of hydrogen-bond acceptors (Lipinski definition) is 6. The van der Waals surface area contributed by atoms with Gasteiger partial charge in [-0.1, -0.05) is 0 Å². The number of esters is 1. The lowest BCUT2D eigenvalue weighted by molar-refractivity contribution is 0.0472.